The first-order chi connectivity index (χ1) is 30.2. The van der Waals surface area contributed by atoms with Gasteiger partial charge in [0, 0.05) is 73.8 Å². The van der Waals surface area contributed by atoms with Gasteiger partial charge in [-0.2, -0.15) is 0 Å². The van der Waals surface area contributed by atoms with E-state index in [2.05, 4.69) is 284 Å². The molecule has 6 saturated heterocycles. The van der Waals surface area contributed by atoms with Crippen LogP contribution >= 0.6 is 70.9 Å². The van der Waals surface area contributed by atoms with E-state index in [4.69, 9.17) is 0 Å². The summed E-state index contributed by atoms with van der Waals surface area (Å²) in [6.45, 7) is 58.0. The fraction of sp³-hybridized carbons (Fsp3) is 1.00. The Labute approximate surface area is 441 Å². The van der Waals surface area contributed by atoms with Gasteiger partial charge in [-0.05, 0) is 146 Å². The second kappa shape index (κ2) is 30.3. The number of nitrogens with zero attached hydrogens (tertiary/aromatic N) is 6. The van der Waals surface area contributed by atoms with Gasteiger partial charge in [0.05, 0.1) is 21.5 Å². The van der Waals surface area contributed by atoms with E-state index in [1.807, 2.05) is 23.9 Å². The maximum absolute atomic E-state index is 2.59. The number of hydrogen-bond donors (Lipinski definition) is 0. The van der Waals surface area contributed by atoms with E-state index >= 15 is 0 Å². The van der Waals surface area contributed by atoms with Crippen LogP contribution in [0.25, 0.3) is 0 Å². The monoisotopic (exact) mass is 1040 g/mol. The predicted octanol–water partition coefficient (Wildman–Crippen LogP) is 15.1. The molecule has 6 nitrogen and oxygen atoms in total. The van der Waals surface area contributed by atoms with Crippen LogP contribution in [0.3, 0.4) is 0 Å². The van der Waals surface area contributed by atoms with Crippen molar-refractivity contribution in [3.63, 3.8) is 0 Å². The van der Waals surface area contributed by atoms with Gasteiger partial charge in [-0.15, -0.1) is 47.0 Å². The molecule has 18 atom stereocenters. The van der Waals surface area contributed by atoms with Crippen molar-refractivity contribution in [2.45, 2.75) is 268 Å². The van der Waals surface area contributed by atoms with Gasteiger partial charge >= 0.3 is 0 Å². The average molecular weight is 1040 g/mol. The van der Waals surface area contributed by atoms with Crippen molar-refractivity contribution < 1.29 is 0 Å². The maximum atomic E-state index is 2.59. The Balaban J connectivity index is 0.000000396. The molecule has 6 heterocycles. The SMILES string of the molecule is CC(C)C1C(C)SC(C)N1C.CC(C)C1C(C)SN(C)C1C.CC(C)C1SC(C)C(C)N1C.CC(C)C1SC(C)N(C)C1C.CC(C)C1SN(C)C(C)C1C.CC1SC(C)N(C(C)C)C1C. The first-order valence-corrected chi connectivity index (χ1v) is 32.0. The third-order valence-electron chi connectivity index (χ3n) is 16.1. The number of rotatable bonds is 6. The van der Waals surface area contributed by atoms with Crippen LogP contribution in [0.2, 0.25) is 0 Å². The average Bonchev–Trinajstić information content (AvgIpc) is 3.96. The van der Waals surface area contributed by atoms with Crippen LogP contribution in [-0.4, -0.2) is 159 Å². The maximum Gasteiger partial charge on any atom is 0.0583 e. The van der Waals surface area contributed by atoms with Crippen molar-refractivity contribution in [2.24, 2.45) is 41.4 Å². The molecule has 66 heavy (non-hydrogen) atoms. The van der Waals surface area contributed by atoms with Crippen LogP contribution in [-0.2, 0) is 0 Å². The lowest BCUT2D eigenvalue weighted by atomic mass is 9.87. The molecule has 0 radical (unpaired) electrons. The van der Waals surface area contributed by atoms with E-state index in [-0.39, 0.29) is 0 Å². The fourth-order valence-electron chi connectivity index (χ4n) is 11.2. The lowest BCUT2D eigenvalue weighted by Gasteiger charge is -2.29. The Morgan fingerprint density at radius 3 is 1.00 bits per heavy atom. The molecule has 396 valence electrons. The summed E-state index contributed by atoms with van der Waals surface area (Å²) in [5.41, 5.74) is 0. The normalized spacial score (nSPS) is 40.4. The fourth-order valence-corrected chi connectivity index (χ4v) is 20.5. The van der Waals surface area contributed by atoms with E-state index in [0.29, 0.717) is 22.2 Å². The second-order valence-electron chi connectivity index (χ2n) is 23.2. The van der Waals surface area contributed by atoms with E-state index in [1.54, 1.807) is 0 Å². The molecule has 12 heteroatoms. The third-order valence-corrected chi connectivity index (χ3v) is 26.2. The van der Waals surface area contributed by atoms with Gasteiger partial charge in [-0.25, -0.2) is 0 Å². The zero-order valence-electron chi connectivity index (χ0n) is 49.0. The molecule has 6 aliphatic rings. The van der Waals surface area contributed by atoms with Crippen LogP contribution in [0, 0.1) is 41.4 Å². The van der Waals surface area contributed by atoms with Gasteiger partial charge in [-0.3, -0.25) is 28.2 Å². The highest BCUT2D eigenvalue weighted by atomic mass is 32.2. The van der Waals surface area contributed by atoms with E-state index < -0.39 is 0 Å². The van der Waals surface area contributed by atoms with Crippen LogP contribution in [0.4, 0.5) is 0 Å². The molecule has 6 rings (SSSR count). The van der Waals surface area contributed by atoms with Crippen LogP contribution < -0.4 is 0 Å². The zero-order valence-corrected chi connectivity index (χ0v) is 53.9. The molecule has 0 amide bonds. The summed E-state index contributed by atoms with van der Waals surface area (Å²) in [6, 6.07) is 5.19. The van der Waals surface area contributed by atoms with Crippen molar-refractivity contribution in [1.29, 1.82) is 0 Å². The van der Waals surface area contributed by atoms with Crippen LogP contribution in [0.1, 0.15) is 173 Å². The van der Waals surface area contributed by atoms with Crippen molar-refractivity contribution in [3.8, 4) is 0 Å². The van der Waals surface area contributed by atoms with Gasteiger partial charge in [0.25, 0.3) is 0 Å². The molecular weight excluding hydrogens is 925 g/mol. The minimum Gasteiger partial charge on any atom is -0.291 e. The predicted molar refractivity (Wildman–Crippen MR) is 317 cm³/mol. The van der Waals surface area contributed by atoms with Gasteiger partial charge < -0.3 is 0 Å². The largest absolute Gasteiger partial charge is 0.291 e. The number of thioether (sulfide) groups is 4. The van der Waals surface area contributed by atoms with Gasteiger partial charge in [0.15, 0.2) is 0 Å². The van der Waals surface area contributed by atoms with Crippen LogP contribution in [0.5, 0.6) is 0 Å². The molecule has 0 bridgehead atoms. The van der Waals surface area contributed by atoms with Crippen molar-refractivity contribution in [3.05, 3.63) is 0 Å². The summed E-state index contributed by atoms with van der Waals surface area (Å²) in [6.07, 6.45) is 0. The molecule has 0 spiro atoms. The Hall–Kier alpha value is 1.86. The van der Waals surface area contributed by atoms with E-state index in [1.165, 1.54) is 0 Å². The summed E-state index contributed by atoms with van der Waals surface area (Å²) in [5, 5.41) is 7.71. The number of hydrogen-bond acceptors (Lipinski definition) is 12. The second-order valence-corrected chi connectivity index (χ2v) is 32.4. The molecule has 18 unspecified atom stereocenters. The molecule has 6 aliphatic heterocycles. The highest BCUT2D eigenvalue weighted by Gasteiger charge is 2.40. The molecule has 0 N–H and O–H groups in total. The zero-order chi connectivity index (χ0) is 51.6. The van der Waals surface area contributed by atoms with Crippen LogP contribution in [0.15, 0.2) is 0 Å². The van der Waals surface area contributed by atoms with Gasteiger partial charge in [-0.1, -0.05) is 128 Å². The summed E-state index contributed by atoms with van der Waals surface area (Å²) in [7, 11) is 11.1. The summed E-state index contributed by atoms with van der Waals surface area (Å²) < 4.78 is 4.80. The Morgan fingerprint density at radius 1 is 0.348 bits per heavy atom. The minimum absolute atomic E-state index is 0.692. The molecule has 0 aliphatic carbocycles. The molecule has 0 aromatic carbocycles. The van der Waals surface area contributed by atoms with E-state index in [9.17, 15) is 0 Å². The lowest BCUT2D eigenvalue weighted by molar-refractivity contribution is 0.174. The molecule has 6 fully saturated rings. The molecular formula is C54H114N6S6. The minimum atomic E-state index is 0.692. The van der Waals surface area contributed by atoms with Crippen molar-refractivity contribution in [2.75, 3.05) is 35.2 Å². The Bertz CT molecular complexity index is 1160. The smallest absolute Gasteiger partial charge is 0.0583 e. The third kappa shape index (κ3) is 18.7. The topological polar surface area (TPSA) is 19.4 Å². The highest BCUT2D eigenvalue weighted by Crippen LogP contribution is 2.43. The summed E-state index contributed by atoms with van der Waals surface area (Å²) in [5.74, 6) is 5.70. The molecule has 0 saturated carbocycles. The van der Waals surface area contributed by atoms with Crippen molar-refractivity contribution >= 4 is 70.9 Å². The van der Waals surface area contributed by atoms with Gasteiger partial charge in [0.2, 0.25) is 0 Å². The summed E-state index contributed by atoms with van der Waals surface area (Å²) >= 11 is 12.4. The molecule has 0 aromatic rings. The summed E-state index contributed by atoms with van der Waals surface area (Å²) in [4.78, 5) is 10.1. The quantitative estimate of drug-likeness (QED) is 0.236. The first kappa shape index (κ1) is 65.9. The lowest BCUT2D eigenvalue weighted by Crippen LogP contribution is -2.40. The van der Waals surface area contributed by atoms with Crippen molar-refractivity contribution in [1.82, 2.24) is 28.2 Å². The first-order valence-electron chi connectivity index (χ1n) is 26.6. The Morgan fingerprint density at radius 2 is 0.818 bits per heavy atom. The van der Waals surface area contributed by atoms with Gasteiger partial charge in [0.1, 0.15) is 0 Å². The highest BCUT2D eigenvalue weighted by molar-refractivity contribution is 8.01. The molecule has 0 aromatic heterocycles. The van der Waals surface area contributed by atoms with E-state index in [0.717, 1.165) is 115 Å². The standard InChI is InChI=1S/6C9H19NS/c1-6(2)9-7(3)11-8(4)10(9)5;1-6(2)9-7(3)10(5)8(4)11-9;1-6(2)9-7(3)10(5)11-8(9)4;1-6(2)9-10(5)7(3)8(4)11-9;1-6(2)9-7(3)8(4)10(5)11-9;1-6(2)10-7(3)8(4)11-9(10)5/h6*6-9H,1-5H3. The Kier molecular flexibility index (Phi) is 30.2.